The second-order valence-corrected chi connectivity index (χ2v) is 3.86. The molecular weight excluding hydrogens is 192 g/mol. The Bertz CT molecular complexity index is 361. The lowest BCUT2D eigenvalue weighted by molar-refractivity contribution is 0.0691. The number of nitrogens with one attached hydrogen (secondary N) is 1. The van der Waals surface area contributed by atoms with E-state index >= 15 is 0 Å². The lowest BCUT2D eigenvalue weighted by atomic mass is 10.2. The fourth-order valence-electron chi connectivity index (χ4n) is 1.54. The van der Waals surface area contributed by atoms with Crippen molar-refractivity contribution in [1.29, 1.82) is 0 Å². The molecule has 1 aliphatic rings. The van der Waals surface area contributed by atoms with E-state index in [0.717, 1.165) is 18.9 Å². The van der Waals surface area contributed by atoms with Gasteiger partial charge in [-0.05, 0) is 24.5 Å². The first-order chi connectivity index (χ1) is 7.27. The maximum atomic E-state index is 10.8. The Morgan fingerprint density at radius 3 is 3.07 bits per heavy atom. The molecule has 0 bridgehead atoms. The fourth-order valence-corrected chi connectivity index (χ4v) is 1.54. The molecule has 0 unspecified atom stereocenters. The first-order valence-corrected chi connectivity index (χ1v) is 5.19. The number of hydrogen-bond acceptors (Lipinski definition) is 3. The topological polar surface area (TPSA) is 62.2 Å². The van der Waals surface area contributed by atoms with E-state index in [2.05, 4.69) is 10.3 Å². The molecule has 1 aliphatic carbocycles. The van der Waals surface area contributed by atoms with Gasteiger partial charge in [0.25, 0.3) is 0 Å². The van der Waals surface area contributed by atoms with Crippen LogP contribution >= 0.6 is 0 Å². The number of carbonyl (C=O) groups is 1. The van der Waals surface area contributed by atoms with Crippen molar-refractivity contribution in [1.82, 2.24) is 4.98 Å². The van der Waals surface area contributed by atoms with E-state index in [9.17, 15) is 4.79 Å². The van der Waals surface area contributed by atoms with Crippen LogP contribution in [0.2, 0.25) is 0 Å². The third kappa shape index (κ3) is 2.68. The van der Waals surface area contributed by atoms with Crippen molar-refractivity contribution >= 4 is 11.7 Å². The van der Waals surface area contributed by atoms with Crippen molar-refractivity contribution in [2.75, 3.05) is 11.9 Å². The van der Waals surface area contributed by atoms with Crippen molar-refractivity contribution < 1.29 is 9.90 Å². The van der Waals surface area contributed by atoms with Crippen LogP contribution < -0.4 is 5.32 Å². The molecule has 0 saturated heterocycles. The van der Waals surface area contributed by atoms with Gasteiger partial charge in [-0.3, -0.25) is 0 Å². The highest BCUT2D eigenvalue weighted by molar-refractivity contribution is 5.91. The molecule has 0 aromatic carbocycles. The standard InChI is InChI=1S/C11H14N2O2/c14-11(15)10-9(2-1-6-13-10)12-7-5-8-3-4-8/h1-2,6,8,12H,3-5,7H2,(H,14,15). The van der Waals surface area contributed by atoms with E-state index in [1.165, 1.54) is 19.0 Å². The van der Waals surface area contributed by atoms with Crippen LogP contribution in [0.3, 0.4) is 0 Å². The highest BCUT2D eigenvalue weighted by Crippen LogP contribution is 2.32. The second-order valence-electron chi connectivity index (χ2n) is 3.86. The molecule has 0 atom stereocenters. The van der Waals surface area contributed by atoms with Crippen LogP contribution in [0.1, 0.15) is 29.8 Å². The summed E-state index contributed by atoms with van der Waals surface area (Å²) in [4.78, 5) is 14.7. The largest absolute Gasteiger partial charge is 0.476 e. The zero-order chi connectivity index (χ0) is 10.7. The first-order valence-electron chi connectivity index (χ1n) is 5.19. The van der Waals surface area contributed by atoms with Gasteiger partial charge in [0.2, 0.25) is 0 Å². The van der Waals surface area contributed by atoms with Crippen LogP contribution in [0, 0.1) is 5.92 Å². The highest BCUT2D eigenvalue weighted by atomic mass is 16.4. The van der Waals surface area contributed by atoms with Gasteiger partial charge in [-0.15, -0.1) is 0 Å². The molecule has 80 valence electrons. The normalized spacial score (nSPS) is 14.9. The van der Waals surface area contributed by atoms with Crippen molar-refractivity contribution in [3.05, 3.63) is 24.0 Å². The number of nitrogens with zero attached hydrogens (tertiary/aromatic N) is 1. The maximum absolute atomic E-state index is 10.8. The van der Waals surface area contributed by atoms with Gasteiger partial charge < -0.3 is 10.4 Å². The molecule has 1 saturated carbocycles. The predicted octanol–water partition coefficient (Wildman–Crippen LogP) is 1.99. The van der Waals surface area contributed by atoms with Crippen LogP contribution in [-0.2, 0) is 0 Å². The minimum absolute atomic E-state index is 0.105. The Hall–Kier alpha value is -1.58. The van der Waals surface area contributed by atoms with E-state index < -0.39 is 5.97 Å². The molecule has 0 aliphatic heterocycles. The summed E-state index contributed by atoms with van der Waals surface area (Å²) in [6, 6.07) is 3.50. The van der Waals surface area contributed by atoms with Crippen LogP contribution in [-0.4, -0.2) is 22.6 Å². The lowest BCUT2D eigenvalue weighted by Gasteiger charge is -2.07. The highest BCUT2D eigenvalue weighted by Gasteiger charge is 2.20. The summed E-state index contributed by atoms with van der Waals surface area (Å²) >= 11 is 0. The number of carboxylic acid groups (broad SMARTS) is 1. The minimum atomic E-state index is -0.982. The first kappa shape index (κ1) is 9.96. The smallest absolute Gasteiger partial charge is 0.356 e. The van der Waals surface area contributed by atoms with E-state index in [4.69, 9.17) is 5.11 Å². The number of hydrogen-bond donors (Lipinski definition) is 2. The van der Waals surface area contributed by atoms with Gasteiger partial charge in [0, 0.05) is 12.7 Å². The van der Waals surface area contributed by atoms with Gasteiger partial charge in [0.05, 0.1) is 5.69 Å². The monoisotopic (exact) mass is 206 g/mol. The molecule has 1 fully saturated rings. The van der Waals surface area contributed by atoms with Crippen LogP contribution in [0.25, 0.3) is 0 Å². The fraction of sp³-hybridized carbons (Fsp3) is 0.455. The molecule has 4 heteroatoms. The Balaban J connectivity index is 1.95. The van der Waals surface area contributed by atoms with E-state index in [1.54, 1.807) is 12.1 Å². The number of aromatic nitrogens is 1. The zero-order valence-electron chi connectivity index (χ0n) is 8.44. The van der Waals surface area contributed by atoms with Gasteiger partial charge in [-0.1, -0.05) is 12.8 Å². The molecule has 0 spiro atoms. The van der Waals surface area contributed by atoms with E-state index in [-0.39, 0.29) is 5.69 Å². The molecule has 15 heavy (non-hydrogen) atoms. The minimum Gasteiger partial charge on any atom is -0.476 e. The van der Waals surface area contributed by atoms with Gasteiger partial charge >= 0.3 is 5.97 Å². The molecule has 2 rings (SSSR count). The number of rotatable bonds is 5. The van der Waals surface area contributed by atoms with Crippen molar-refractivity contribution in [3.8, 4) is 0 Å². The van der Waals surface area contributed by atoms with Gasteiger partial charge in [0.15, 0.2) is 5.69 Å². The molecule has 1 heterocycles. The van der Waals surface area contributed by atoms with Crippen molar-refractivity contribution in [2.24, 2.45) is 5.92 Å². The summed E-state index contributed by atoms with van der Waals surface area (Å²) < 4.78 is 0. The summed E-state index contributed by atoms with van der Waals surface area (Å²) in [5.74, 6) is -0.132. The average Bonchev–Trinajstić information content (AvgIpc) is 3.02. The number of carboxylic acids is 1. The summed E-state index contributed by atoms with van der Waals surface area (Å²) in [6.45, 7) is 0.830. The number of pyridine rings is 1. The Kier molecular flexibility index (Phi) is 2.85. The summed E-state index contributed by atoms with van der Waals surface area (Å²) in [5.41, 5.74) is 0.721. The summed E-state index contributed by atoms with van der Waals surface area (Å²) in [7, 11) is 0. The van der Waals surface area contributed by atoms with Gasteiger partial charge in [-0.2, -0.15) is 0 Å². The Morgan fingerprint density at radius 1 is 1.60 bits per heavy atom. The third-order valence-electron chi connectivity index (χ3n) is 2.58. The average molecular weight is 206 g/mol. The van der Waals surface area contributed by atoms with E-state index in [1.807, 2.05) is 0 Å². The Morgan fingerprint density at radius 2 is 2.40 bits per heavy atom. The zero-order valence-corrected chi connectivity index (χ0v) is 8.44. The van der Waals surface area contributed by atoms with Crippen molar-refractivity contribution in [3.63, 3.8) is 0 Å². The SMILES string of the molecule is O=C(O)c1ncccc1NCCC1CC1. The molecule has 4 nitrogen and oxygen atoms in total. The van der Waals surface area contributed by atoms with Crippen LogP contribution in [0.15, 0.2) is 18.3 Å². The third-order valence-corrected chi connectivity index (χ3v) is 2.58. The predicted molar refractivity (Wildman–Crippen MR) is 57.0 cm³/mol. The summed E-state index contributed by atoms with van der Waals surface area (Å²) in [6.07, 6.45) is 5.25. The van der Waals surface area contributed by atoms with Gasteiger partial charge in [0.1, 0.15) is 0 Å². The van der Waals surface area contributed by atoms with Crippen LogP contribution in [0.4, 0.5) is 5.69 Å². The van der Waals surface area contributed by atoms with Crippen LogP contribution in [0.5, 0.6) is 0 Å². The molecule has 1 aromatic heterocycles. The Labute approximate surface area is 88.3 Å². The number of anilines is 1. The molecule has 0 radical (unpaired) electrons. The van der Waals surface area contributed by atoms with Gasteiger partial charge in [-0.25, -0.2) is 9.78 Å². The van der Waals surface area contributed by atoms with Crippen molar-refractivity contribution in [2.45, 2.75) is 19.3 Å². The molecular formula is C11H14N2O2. The molecule has 0 amide bonds. The van der Waals surface area contributed by atoms with E-state index in [0.29, 0.717) is 5.69 Å². The quantitative estimate of drug-likeness (QED) is 0.773. The number of aromatic carboxylic acids is 1. The molecule has 2 N–H and O–H groups in total. The second kappa shape index (κ2) is 4.29. The molecule has 1 aromatic rings. The summed E-state index contributed by atoms with van der Waals surface area (Å²) in [5, 5.41) is 12.0. The maximum Gasteiger partial charge on any atom is 0.356 e. The lowest BCUT2D eigenvalue weighted by Crippen LogP contribution is -2.09.